The average Bonchev–Trinajstić information content (AvgIpc) is 2.60. The normalized spacial score (nSPS) is 11.8. The van der Waals surface area contributed by atoms with E-state index >= 15 is 0 Å². The topological polar surface area (TPSA) is 75.7 Å². The van der Waals surface area contributed by atoms with Gasteiger partial charge in [-0.2, -0.15) is 0 Å². The van der Waals surface area contributed by atoms with Crippen LogP contribution < -0.4 is 4.72 Å². The molecule has 0 fully saturated rings. The number of amides is 1. The predicted molar refractivity (Wildman–Crippen MR) is 104 cm³/mol. The summed E-state index contributed by atoms with van der Waals surface area (Å²) in [5.41, 5.74) is 1.96. The molecule has 0 aliphatic rings. The Morgan fingerprint density at radius 1 is 1.19 bits per heavy atom. The summed E-state index contributed by atoms with van der Waals surface area (Å²) in [6, 6.07) is 5.17. The van der Waals surface area contributed by atoms with Gasteiger partial charge in [-0.15, -0.1) is 0 Å². The number of nitrogens with one attached hydrogen (secondary N) is 1. The van der Waals surface area contributed by atoms with Gasteiger partial charge in [-0.25, -0.2) is 13.1 Å². The number of hydrogen-bond acceptors (Lipinski definition) is 4. The number of hydrogen-bond donors (Lipinski definition) is 1. The Morgan fingerprint density at radius 3 is 2.38 bits per heavy atom. The van der Waals surface area contributed by atoms with Gasteiger partial charge in [0, 0.05) is 32.7 Å². The lowest BCUT2D eigenvalue weighted by atomic mass is 10.1. The molecule has 0 unspecified atom stereocenters. The third-order valence-electron chi connectivity index (χ3n) is 4.66. The number of aryl methyl sites for hydroxylation is 2. The van der Waals surface area contributed by atoms with Crippen LogP contribution in [0.3, 0.4) is 0 Å². The van der Waals surface area contributed by atoms with Crippen LogP contribution in [-0.2, 0) is 19.6 Å². The predicted octanol–water partition coefficient (Wildman–Crippen LogP) is 2.64. The van der Waals surface area contributed by atoms with Crippen molar-refractivity contribution in [3.05, 3.63) is 29.3 Å². The molecule has 0 spiro atoms. The van der Waals surface area contributed by atoms with Crippen LogP contribution in [0.25, 0.3) is 0 Å². The third kappa shape index (κ3) is 6.37. The van der Waals surface area contributed by atoms with Gasteiger partial charge < -0.3 is 9.64 Å². The maximum atomic E-state index is 12.6. The lowest BCUT2D eigenvalue weighted by molar-refractivity contribution is -0.134. The van der Waals surface area contributed by atoms with Crippen molar-refractivity contribution in [1.82, 2.24) is 9.62 Å². The van der Waals surface area contributed by atoms with E-state index in [2.05, 4.69) is 4.72 Å². The highest BCUT2D eigenvalue weighted by atomic mass is 32.2. The molecule has 0 radical (unpaired) electrons. The minimum absolute atomic E-state index is 0.0569. The van der Waals surface area contributed by atoms with E-state index in [1.54, 1.807) is 30.2 Å². The molecule has 1 aromatic carbocycles. The number of carbonyl (C=O) groups is 1. The molecular formula is C19H32N2O4S. The molecule has 26 heavy (non-hydrogen) atoms. The molecule has 0 heterocycles. The van der Waals surface area contributed by atoms with E-state index < -0.39 is 10.0 Å². The molecule has 0 aliphatic heterocycles. The maximum Gasteiger partial charge on any atom is 0.240 e. The summed E-state index contributed by atoms with van der Waals surface area (Å²) < 4.78 is 32.4. The molecule has 6 nitrogen and oxygen atoms in total. The van der Waals surface area contributed by atoms with Gasteiger partial charge >= 0.3 is 0 Å². The third-order valence-corrected chi connectivity index (χ3v) is 6.12. The summed E-state index contributed by atoms with van der Waals surface area (Å²) >= 11 is 0. The molecule has 7 heteroatoms. The van der Waals surface area contributed by atoms with Crippen molar-refractivity contribution in [2.45, 2.75) is 57.9 Å². The van der Waals surface area contributed by atoms with Crippen molar-refractivity contribution in [3.63, 3.8) is 0 Å². The fourth-order valence-corrected chi connectivity index (χ4v) is 3.95. The van der Waals surface area contributed by atoms with Gasteiger partial charge in [0.1, 0.15) is 0 Å². The first-order valence-electron chi connectivity index (χ1n) is 9.12. The highest BCUT2D eigenvalue weighted by molar-refractivity contribution is 7.89. The zero-order valence-electron chi connectivity index (χ0n) is 16.5. The molecule has 0 saturated carbocycles. The Morgan fingerprint density at radius 2 is 1.85 bits per heavy atom. The summed E-state index contributed by atoms with van der Waals surface area (Å²) in [6.07, 6.45) is 1.85. The van der Waals surface area contributed by atoms with E-state index in [1.165, 1.54) is 0 Å². The number of ether oxygens (including phenoxy) is 1. The van der Waals surface area contributed by atoms with E-state index in [0.29, 0.717) is 13.2 Å². The number of nitrogens with zero attached hydrogens (tertiary/aromatic N) is 1. The second-order valence-corrected chi connectivity index (χ2v) is 8.21. The van der Waals surface area contributed by atoms with Crippen molar-refractivity contribution in [3.8, 4) is 0 Å². The fourth-order valence-electron chi connectivity index (χ4n) is 2.83. The van der Waals surface area contributed by atoms with E-state index in [9.17, 15) is 13.2 Å². The first-order chi connectivity index (χ1) is 12.3. The van der Waals surface area contributed by atoms with Crippen LogP contribution in [0, 0.1) is 13.8 Å². The Hall–Kier alpha value is -1.44. The zero-order valence-corrected chi connectivity index (χ0v) is 17.4. The molecule has 1 aromatic rings. The first kappa shape index (κ1) is 22.6. The van der Waals surface area contributed by atoms with Crippen LogP contribution in [0.1, 0.15) is 44.2 Å². The Balaban J connectivity index is 2.70. The standard InChI is InChI=1S/C19H32N2O4S/c1-6-17(7-2)21(12-13-25-5)19(22)10-11-20-26(23,24)18-9-8-15(3)16(4)14-18/h8-9,14,17,20H,6-7,10-13H2,1-5H3. The van der Waals surface area contributed by atoms with Crippen molar-refractivity contribution >= 4 is 15.9 Å². The SMILES string of the molecule is CCC(CC)N(CCOC)C(=O)CCNS(=O)(=O)c1ccc(C)c(C)c1. The highest BCUT2D eigenvalue weighted by Gasteiger charge is 2.21. The summed E-state index contributed by atoms with van der Waals surface area (Å²) in [4.78, 5) is 14.6. The van der Waals surface area contributed by atoms with Crippen molar-refractivity contribution in [2.75, 3.05) is 26.8 Å². The van der Waals surface area contributed by atoms with Crippen LogP contribution in [0.4, 0.5) is 0 Å². The lowest BCUT2D eigenvalue weighted by Crippen LogP contribution is -2.43. The summed E-state index contributed by atoms with van der Waals surface area (Å²) in [7, 11) is -2.01. The molecule has 1 rings (SSSR count). The second-order valence-electron chi connectivity index (χ2n) is 6.44. The lowest BCUT2D eigenvalue weighted by Gasteiger charge is -2.30. The van der Waals surface area contributed by atoms with Crippen molar-refractivity contribution < 1.29 is 17.9 Å². The summed E-state index contributed by atoms with van der Waals surface area (Å²) in [6.45, 7) is 8.97. The van der Waals surface area contributed by atoms with Crippen molar-refractivity contribution in [2.24, 2.45) is 0 Å². The van der Waals surface area contributed by atoms with Gasteiger partial charge in [0.05, 0.1) is 11.5 Å². The fraction of sp³-hybridized carbons (Fsp3) is 0.632. The van der Waals surface area contributed by atoms with E-state index in [1.807, 2.05) is 27.7 Å². The average molecular weight is 385 g/mol. The van der Waals surface area contributed by atoms with Crippen LogP contribution >= 0.6 is 0 Å². The minimum Gasteiger partial charge on any atom is -0.383 e. The van der Waals surface area contributed by atoms with E-state index in [-0.39, 0.29) is 29.8 Å². The Labute approximate surface area is 158 Å². The van der Waals surface area contributed by atoms with E-state index in [4.69, 9.17) is 4.74 Å². The molecule has 0 aromatic heterocycles. The zero-order chi connectivity index (χ0) is 19.7. The molecule has 148 valence electrons. The monoisotopic (exact) mass is 384 g/mol. The number of sulfonamides is 1. The quantitative estimate of drug-likeness (QED) is 0.636. The molecule has 0 bridgehead atoms. The number of rotatable bonds is 11. The van der Waals surface area contributed by atoms with Crippen molar-refractivity contribution in [1.29, 1.82) is 0 Å². The smallest absolute Gasteiger partial charge is 0.240 e. The maximum absolute atomic E-state index is 12.6. The van der Waals surface area contributed by atoms with Gasteiger partial charge in [-0.3, -0.25) is 4.79 Å². The van der Waals surface area contributed by atoms with Crippen LogP contribution in [0.2, 0.25) is 0 Å². The number of methoxy groups -OCH3 is 1. The Bertz CT molecular complexity index is 685. The summed E-state index contributed by atoms with van der Waals surface area (Å²) in [5.74, 6) is -0.0569. The highest BCUT2D eigenvalue weighted by Crippen LogP contribution is 2.15. The van der Waals surface area contributed by atoms with Gasteiger partial charge in [-0.05, 0) is 49.9 Å². The van der Waals surface area contributed by atoms with Gasteiger partial charge in [0.2, 0.25) is 15.9 Å². The first-order valence-corrected chi connectivity index (χ1v) is 10.6. The largest absolute Gasteiger partial charge is 0.383 e. The molecule has 0 saturated heterocycles. The van der Waals surface area contributed by atoms with Gasteiger partial charge in [0.25, 0.3) is 0 Å². The van der Waals surface area contributed by atoms with Gasteiger partial charge in [0.15, 0.2) is 0 Å². The molecule has 1 amide bonds. The molecule has 1 N–H and O–H groups in total. The van der Waals surface area contributed by atoms with Gasteiger partial charge in [-0.1, -0.05) is 19.9 Å². The minimum atomic E-state index is -3.61. The van der Waals surface area contributed by atoms with Crippen LogP contribution in [-0.4, -0.2) is 52.1 Å². The molecule has 0 aliphatic carbocycles. The van der Waals surface area contributed by atoms with E-state index in [0.717, 1.165) is 24.0 Å². The molecular weight excluding hydrogens is 352 g/mol. The number of benzene rings is 1. The number of carbonyl (C=O) groups excluding carboxylic acids is 1. The van der Waals surface area contributed by atoms with Crippen LogP contribution in [0.15, 0.2) is 23.1 Å². The molecule has 0 atom stereocenters. The summed E-state index contributed by atoms with van der Waals surface area (Å²) in [5, 5.41) is 0. The van der Waals surface area contributed by atoms with Crippen LogP contribution in [0.5, 0.6) is 0 Å². The second kappa shape index (κ2) is 10.6. The Kier molecular flexibility index (Phi) is 9.25.